The standard InChI is InChI=1S/C19H40O4/c1-9-10-15(2)23-18(5)13-22-17(4)12-21-16(3)11-20-14-19(6,7)8/h15-18H,9-14H2,1-8H3. The second-order valence-corrected chi connectivity index (χ2v) is 7.91. The summed E-state index contributed by atoms with van der Waals surface area (Å²) in [6.45, 7) is 19.5. The van der Waals surface area contributed by atoms with E-state index in [0.717, 1.165) is 19.4 Å². The Labute approximate surface area is 144 Å². The van der Waals surface area contributed by atoms with Crippen molar-refractivity contribution < 1.29 is 18.9 Å². The van der Waals surface area contributed by atoms with E-state index in [2.05, 4.69) is 41.5 Å². The van der Waals surface area contributed by atoms with E-state index in [1.807, 2.05) is 13.8 Å². The van der Waals surface area contributed by atoms with Crippen LogP contribution in [0.4, 0.5) is 0 Å². The number of hydrogen-bond donors (Lipinski definition) is 0. The van der Waals surface area contributed by atoms with Gasteiger partial charge in [0, 0.05) is 0 Å². The van der Waals surface area contributed by atoms with E-state index in [1.54, 1.807) is 0 Å². The summed E-state index contributed by atoms with van der Waals surface area (Å²) in [4.78, 5) is 0. The maximum atomic E-state index is 5.87. The lowest BCUT2D eigenvalue weighted by molar-refractivity contribution is -0.0934. The van der Waals surface area contributed by atoms with Crippen LogP contribution in [0.1, 0.15) is 68.2 Å². The van der Waals surface area contributed by atoms with Crippen molar-refractivity contribution >= 4 is 0 Å². The van der Waals surface area contributed by atoms with Gasteiger partial charge < -0.3 is 18.9 Å². The second-order valence-electron chi connectivity index (χ2n) is 7.91. The molecule has 0 aromatic rings. The highest BCUT2D eigenvalue weighted by molar-refractivity contribution is 4.61. The van der Waals surface area contributed by atoms with E-state index in [9.17, 15) is 0 Å². The summed E-state index contributed by atoms with van der Waals surface area (Å²) >= 11 is 0. The van der Waals surface area contributed by atoms with Gasteiger partial charge >= 0.3 is 0 Å². The Kier molecular flexibility index (Phi) is 12.2. The summed E-state index contributed by atoms with van der Waals surface area (Å²) in [6, 6.07) is 0. The molecule has 0 N–H and O–H groups in total. The van der Waals surface area contributed by atoms with Gasteiger partial charge in [0.05, 0.1) is 50.8 Å². The van der Waals surface area contributed by atoms with Crippen LogP contribution >= 0.6 is 0 Å². The lowest BCUT2D eigenvalue weighted by Crippen LogP contribution is -2.28. The number of rotatable bonds is 13. The molecule has 0 radical (unpaired) electrons. The summed E-state index contributed by atoms with van der Waals surface area (Å²) in [6.07, 6.45) is 2.80. The SMILES string of the molecule is CCCC(C)OC(C)COC(C)COC(C)COCC(C)(C)C. The van der Waals surface area contributed by atoms with E-state index in [4.69, 9.17) is 18.9 Å². The Balaban J connectivity index is 3.71. The van der Waals surface area contributed by atoms with Crippen molar-refractivity contribution in [2.24, 2.45) is 5.41 Å². The summed E-state index contributed by atoms with van der Waals surface area (Å²) in [5.74, 6) is 0. The molecule has 0 rings (SSSR count). The van der Waals surface area contributed by atoms with E-state index >= 15 is 0 Å². The normalized spacial score (nSPS) is 17.7. The molecule has 0 bridgehead atoms. The molecular weight excluding hydrogens is 292 g/mol. The van der Waals surface area contributed by atoms with Crippen LogP contribution in [0.25, 0.3) is 0 Å². The molecule has 4 heteroatoms. The third-order valence-electron chi connectivity index (χ3n) is 3.28. The predicted octanol–water partition coefficient (Wildman–Crippen LogP) is 4.45. The Morgan fingerprint density at radius 3 is 1.78 bits per heavy atom. The Hall–Kier alpha value is -0.160. The topological polar surface area (TPSA) is 36.9 Å². The van der Waals surface area contributed by atoms with Gasteiger partial charge in [-0.05, 0) is 39.5 Å². The highest BCUT2D eigenvalue weighted by atomic mass is 16.6. The third kappa shape index (κ3) is 15.1. The Morgan fingerprint density at radius 1 is 0.739 bits per heavy atom. The van der Waals surface area contributed by atoms with Gasteiger partial charge in [0.15, 0.2) is 0 Å². The van der Waals surface area contributed by atoms with E-state index < -0.39 is 0 Å². The van der Waals surface area contributed by atoms with Gasteiger partial charge in [0.2, 0.25) is 0 Å². The van der Waals surface area contributed by atoms with E-state index in [0.29, 0.717) is 25.9 Å². The van der Waals surface area contributed by atoms with Crippen LogP contribution in [-0.4, -0.2) is 50.8 Å². The van der Waals surface area contributed by atoms with Crippen LogP contribution in [0.5, 0.6) is 0 Å². The van der Waals surface area contributed by atoms with Crippen LogP contribution in [0.15, 0.2) is 0 Å². The van der Waals surface area contributed by atoms with Crippen molar-refractivity contribution in [3.05, 3.63) is 0 Å². The Morgan fingerprint density at radius 2 is 1.26 bits per heavy atom. The molecule has 140 valence electrons. The van der Waals surface area contributed by atoms with E-state index in [-0.39, 0.29) is 23.7 Å². The monoisotopic (exact) mass is 332 g/mol. The first-order chi connectivity index (χ1) is 10.6. The van der Waals surface area contributed by atoms with Crippen LogP contribution in [0, 0.1) is 5.41 Å². The summed E-state index contributed by atoms with van der Waals surface area (Å²) in [5.41, 5.74) is 0.196. The lowest BCUT2D eigenvalue weighted by atomic mass is 9.99. The zero-order valence-corrected chi connectivity index (χ0v) is 16.7. The number of hydrogen-bond acceptors (Lipinski definition) is 4. The minimum atomic E-state index is 0.0626. The van der Waals surface area contributed by atoms with Crippen molar-refractivity contribution in [2.75, 3.05) is 26.4 Å². The average Bonchev–Trinajstić information content (AvgIpc) is 2.41. The molecule has 23 heavy (non-hydrogen) atoms. The highest BCUT2D eigenvalue weighted by Gasteiger charge is 2.14. The summed E-state index contributed by atoms with van der Waals surface area (Å²) in [5, 5.41) is 0. The molecule has 0 amide bonds. The van der Waals surface area contributed by atoms with Crippen molar-refractivity contribution in [1.29, 1.82) is 0 Å². The molecule has 0 fully saturated rings. The maximum absolute atomic E-state index is 5.87. The van der Waals surface area contributed by atoms with Gasteiger partial charge in [-0.3, -0.25) is 0 Å². The van der Waals surface area contributed by atoms with E-state index in [1.165, 1.54) is 0 Å². The molecule has 4 nitrogen and oxygen atoms in total. The van der Waals surface area contributed by atoms with Crippen molar-refractivity contribution in [2.45, 2.75) is 92.6 Å². The molecule has 0 heterocycles. The zero-order chi connectivity index (χ0) is 17.9. The fourth-order valence-corrected chi connectivity index (χ4v) is 2.14. The third-order valence-corrected chi connectivity index (χ3v) is 3.28. The van der Waals surface area contributed by atoms with Crippen LogP contribution < -0.4 is 0 Å². The molecule has 0 saturated heterocycles. The zero-order valence-electron chi connectivity index (χ0n) is 16.7. The first-order valence-corrected chi connectivity index (χ1v) is 9.10. The number of ether oxygens (including phenoxy) is 4. The maximum Gasteiger partial charge on any atom is 0.0784 e. The molecular formula is C19H40O4. The van der Waals surface area contributed by atoms with Crippen LogP contribution in [-0.2, 0) is 18.9 Å². The van der Waals surface area contributed by atoms with Crippen LogP contribution in [0.3, 0.4) is 0 Å². The molecule has 4 unspecified atom stereocenters. The first kappa shape index (κ1) is 22.8. The smallest absolute Gasteiger partial charge is 0.0784 e. The van der Waals surface area contributed by atoms with Crippen LogP contribution in [0.2, 0.25) is 0 Å². The predicted molar refractivity (Wildman–Crippen MR) is 96.0 cm³/mol. The summed E-state index contributed by atoms with van der Waals surface area (Å²) < 4.78 is 23.1. The van der Waals surface area contributed by atoms with Gasteiger partial charge in [0.1, 0.15) is 0 Å². The molecule has 0 saturated carbocycles. The minimum Gasteiger partial charge on any atom is -0.378 e. The van der Waals surface area contributed by atoms with Crippen molar-refractivity contribution in [3.8, 4) is 0 Å². The Bertz CT molecular complexity index is 275. The van der Waals surface area contributed by atoms with Gasteiger partial charge in [-0.1, -0.05) is 34.1 Å². The average molecular weight is 333 g/mol. The minimum absolute atomic E-state index is 0.0626. The molecule has 0 aliphatic heterocycles. The van der Waals surface area contributed by atoms with Crippen molar-refractivity contribution in [1.82, 2.24) is 0 Å². The quantitative estimate of drug-likeness (QED) is 0.499. The fourth-order valence-electron chi connectivity index (χ4n) is 2.14. The first-order valence-electron chi connectivity index (χ1n) is 9.10. The molecule has 4 atom stereocenters. The second kappa shape index (κ2) is 12.2. The largest absolute Gasteiger partial charge is 0.378 e. The molecule has 0 aliphatic carbocycles. The summed E-state index contributed by atoms with van der Waals surface area (Å²) in [7, 11) is 0. The highest BCUT2D eigenvalue weighted by Crippen LogP contribution is 2.13. The molecule has 0 aromatic carbocycles. The van der Waals surface area contributed by atoms with Crippen molar-refractivity contribution in [3.63, 3.8) is 0 Å². The van der Waals surface area contributed by atoms with Gasteiger partial charge in [-0.2, -0.15) is 0 Å². The van der Waals surface area contributed by atoms with Gasteiger partial charge in [0.25, 0.3) is 0 Å². The van der Waals surface area contributed by atoms with Gasteiger partial charge in [-0.15, -0.1) is 0 Å². The molecule has 0 aliphatic rings. The fraction of sp³-hybridized carbons (Fsp3) is 1.00. The van der Waals surface area contributed by atoms with Gasteiger partial charge in [-0.25, -0.2) is 0 Å². The lowest BCUT2D eigenvalue weighted by Gasteiger charge is -2.23. The molecule has 0 spiro atoms. The molecule has 0 aromatic heterocycles.